The number of nitrogens with one attached hydrogen (secondary N) is 2. The summed E-state index contributed by atoms with van der Waals surface area (Å²) in [6.07, 6.45) is 3.98. The third-order valence-corrected chi connectivity index (χ3v) is 7.88. The minimum Gasteiger partial charge on any atom is -0.326 e. The van der Waals surface area contributed by atoms with Crippen molar-refractivity contribution in [2.45, 2.75) is 43.9 Å². The Hall–Kier alpha value is -2.71. The van der Waals surface area contributed by atoms with Crippen molar-refractivity contribution in [3.63, 3.8) is 0 Å². The van der Waals surface area contributed by atoms with Gasteiger partial charge in [-0.3, -0.25) is 9.59 Å². The largest absolute Gasteiger partial charge is 0.326 e. The van der Waals surface area contributed by atoms with E-state index in [-0.39, 0.29) is 17.7 Å². The number of hydrogen-bond acceptors (Lipinski definition) is 4. The Morgan fingerprint density at radius 2 is 1.61 bits per heavy atom. The predicted molar refractivity (Wildman–Crippen MR) is 119 cm³/mol. The summed E-state index contributed by atoms with van der Waals surface area (Å²) in [6.45, 7) is 2.07. The minimum absolute atomic E-state index is 0.130. The number of sulfonamides is 1. The van der Waals surface area contributed by atoms with E-state index >= 15 is 0 Å². The van der Waals surface area contributed by atoms with Crippen molar-refractivity contribution in [3.05, 3.63) is 53.6 Å². The van der Waals surface area contributed by atoms with Crippen LogP contribution in [0.25, 0.3) is 0 Å². The van der Waals surface area contributed by atoms with Gasteiger partial charge in [0.05, 0.1) is 4.90 Å². The van der Waals surface area contributed by atoms with Crippen molar-refractivity contribution < 1.29 is 18.0 Å². The summed E-state index contributed by atoms with van der Waals surface area (Å²) in [4.78, 5) is 24.3. The molecule has 2 N–H and O–H groups in total. The Morgan fingerprint density at radius 3 is 2.32 bits per heavy atom. The Morgan fingerprint density at radius 1 is 0.935 bits per heavy atom. The van der Waals surface area contributed by atoms with Crippen molar-refractivity contribution in [3.8, 4) is 0 Å². The van der Waals surface area contributed by atoms with E-state index in [4.69, 9.17) is 0 Å². The SMILES string of the molecule is CC(=O)Nc1cccc(NC(=O)C2CCN(S(=O)(=O)c3ccc4c(c3)CCC4)CC2)c1. The number of rotatable bonds is 5. The zero-order valence-electron chi connectivity index (χ0n) is 17.6. The second kappa shape index (κ2) is 8.80. The molecule has 31 heavy (non-hydrogen) atoms. The third-order valence-electron chi connectivity index (χ3n) is 5.98. The highest BCUT2D eigenvalue weighted by molar-refractivity contribution is 7.89. The van der Waals surface area contributed by atoms with Crippen LogP contribution < -0.4 is 10.6 Å². The number of aryl methyl sites for hydroxylation is 2. The average molecular weight is 442 g/mol. The lowest BCUT2D eigenvalue weighted by Gasteiger charge is -2.30. The molecule has 164 valence electrons. The van der Waals surface area contributed by atoms with Crippen molar-refractivity contribution >= 4 is 33.2 Å². The van der Waals surface area contributed by atoms with E-state index in [0.717, 1.165) is 24.8 Å². The first kappa shape index (κ1) is 21.5. The summed E-state index contributed by atoms with van der Waals surface area (Å²) in [5.41, 5.74) is 3.60. The number of hydrogen-bond donors (Lipinski definition) is 2. The van der Waals surface area contributed by atoms with Crippen LogP contribution in [0.1, 0.15) is 37.3 Å². The van der Waals surface area contributed by atoms with Crippen molar-refractivity contribution in [2.24, 2.45) is 5.92 Å². The first-order chi connectivity index (χ1) is 14.8. The van der Waals surface area contributed by atoms with Crippen molar-refractivity contribution in [1.29, 1.82) is 0 Å². The number of amides is 2. The number of piperidine rings is 1. The molecule has 0 saturated carbocycles. The molecule has 2 aromatic rings. The Kier molecular flexibility index (Phi) is 6.11. The minimum atomic E-state index is -3.55. The number of nitrogens with zero attached hydrogens (tertiary/aromatic N) is 1. The zero-order valence-corrected chi connectivity index (χ0v) is 18.4. The van der Waals surface area contributed by atoms with Gasteiger partial charge in [0.15, 0.2) is 0 Å². The van der Waals surface area contributed by atoms with Gasteiger partial charge in [0.2, 0.25) is 21.8 Å². The van der Waals surface area contributed by atoms with Crippen LogP contribution in [0.4, 0.5) is 11.4 Å². The first-order valence-electron chi connectivity index (χ1n) is 10.6. The average Bonchev–Trinajstić information content (AvgIpc) is 3.21. The fourth-order valence-electron chi connectivity index (χ4n) is 4.34. The van der Waals surface area contributed by atoms with E-state index in [9.17, 15) is 18.0 Å². The van der Waals surface area contributed by atoms with E-state index in [0.29, 0.717) is 42.2 Å². The van der Waals surface area contributed by atoms with Gasteiger partial charge in [0.1, 0.15) is 0 Å². The molecule has 1 saturated heterocycles. The molecule has 7 nitrogen and oxygen atoms in total. The molecule has 1 heterocycles. The molecular formula is C23H27N3O4S. The standard InChI is InChI=1S/C23H27N3O4S/c1-16(27)24-20-6-3-7-21(15-20)25-23(28)18-10-12-26(13-11-18)31(29,30)22-9-8-17-4-2-5-19(17)14-22/h3,6-9,14-15,18H,2,4-5,10-13H2,1H3,(H,24,27)(H,25,28). The Balaban J connectivity index is 1.37. The normalized spacial score (nSPS) is 17.2. The molecule has 0 radical (unpaired) electrons. The van der Waals surface area contributed by atoms with Crippen LogP contribution in [-0.4, -0.2) is 37.6 Å². The number of anilines is 2. The summed E-state index contributed by atoms with van der Waals surface area (Å²) >= 11 is 0. The van der Waals surface area contributed by atoms with Gasteiger partial charge in [0, 0.05) is 37.3 Å². The number of carbonyl (C=O) groups is 2. The van der Waals surface area contributed by atoms with Crippen molar-refractivity contribution in [2.75, 3.05) is 23.7 Å². The van der Waals surface area contributed by atoms with Gasteiger partial charge in [-0.2, -0.15) is 4.31 Å². The highest BCUT2D eigenvalue weighted by atomic mass is 32.2. The molecule has 2 amide bonds. The highest BCUT2D eigenvalue weighted by Gasteiger charge is 2.32. The van der Waals surface area contributed by atoms with E-state index in [1.807, 2.05) is 12.1 Å². The molecule has 8 heteroatoms. The van der Waals surface area contributed by atoms with E-state index < -0.39 is 10.0 Å². The summed E-state index contributed by atoms with van der Waals surface area (Å²) in [5.74, 6) is -0.564. The Bertz CT molecular complexity index is 1110. The molecule has 1 fully saturated rings. The van der Waals surface area contributed by atoms with Gasteiger partial charge in [-0.05, 0) is 73.6 Å². The van der Waals surface area contributed by atoms with Gasteiger partial charge in [0.25, 0.3) is 0 Å². The van der Waals surface area contributed by atoms with Crippen LogP contribution in [0.5, 0.6) is 0 Å². The van der Waals surface area contributed by atoms with Crippen LogP contribution in [0.3, 0.4) is 0 Å². The topological polar surface area (TPSA) is 95.6 Å². The second-order valence-electron chi connectivity index (χ2n) is 8.21. The lowest BCUT2D eigenvalue weighted by molar-refractivity contribution is -0.121. The maximum atomic E-state index is 13.1. The zero-order chi connectivity index (χ0) is 22.0. The van der Waals surface area contributed by atoms with Gasteiger partial charge >= 0.3 is 0 Å². The van der Waals surface area contributed by atoms with Crippen molar-refractivity contribution in [1.82, 2.24) is 4.31 Å². The molecule has 0 atom stereocenters. The van der Waals surface area contributed by atoms with Crippen LogP contribution in [-0.2, 0) is 32.5 Å². The summed E-state index contributed by atoms with van der Waals surface area (Å²) < 4.78 is 27.6. The molecule has 0 bridgehead atoms. The van der Waals surface area contributed by atoms with Gasteiger partial charge in [-0.15, -0.1) is 0 Å². The second-order valence-corrected chi connectivity index (χ2v) is 10.2. The summed E-state index contributed by atoms with van der Waals surface area (Å²) in [5, 5.41) is 5.57. The molecule has 2 aromatic carbocycles. The number of benzene rings is 2. The fraction of sp³-hybridized carbons (Fsp3) is 0.391. The van der Waals surface area contributed by atoms with E-state index in [1.54, 1.807) is 30.3 Å². The summed E-state index contributed by atoms with van der Waals surface area (Å²) in [7, 11) is -3.55. The molecule has 1 aliphatic carbocycles. The molecule has 1 aliphatic heterocycles. The molecular weight excluding hydrogens is 414 g/mol. The van der Waals surface area contributed by atoms with Crippen LogP contribution in [0.15, 0.2) is 47.4 Å². The van der Waals surface area contributed by atoms with Crippen LogP contribution in [0.2, 0.25) is 0 Å². The third kappa shape index (κ3) is 4.80. The van der Waals surface area contributed by atoms with Gasteiger partial charge < -0.3 is 10.6 Å². The maximum absolute atomic E-state index is 13.1. The van der Waals surface area contributed by atoms with E-state index in [1.165, 1.54) is 16.8 Å². The fourth-order valence-corrected chi connectivity index (χ4v) is 5.86. The number of carbonyl (C=O) groups excluding carboxylic acids is 2. The van der Waals surface area contributed by atoms with Gasteiger partial charge in [-0.25, -0.2) is 8.42 Å². The maximum Gasteiger partial charge on any atom is 0.243 e. The molecule has 0 aromatic heterocycles. The predicted octanol–water partition coefficient (Wildman–Crippen LogP) is 3.17. The molecule has 4 rings (SSSR count). The van der Waals surface area contributed by atoms with Gasteiger partial charge in [-0.1, -0.05) is 12.1 Å². The van der Waals surface area contributed by atoms with Crippen LogP contribution in [0, 0.1) is 5.92 Å². The smallest absolute Gasteiger partial charge is 0.243 e. The molecule has 2 aliphatic rings. The lowest BCUT2D eigenvalue weighted by Crippen LogP contribution is -2.41. The lowest BCUT2D eigenvalue weighted by atomic mass is 9.97. The quantitative estimate of drug-likeness (QED) is 0.745. The van der Waals surface area contributed by atoms with Crippen LogP contribution >= 0.6 is 0 Å². The van der Waals surface area contributed by atoms with E-state index in [2.05, 4.69) is 10.6 Å². The Labute approximate surface area is 182 Å². The highest BCUT2D eigenvalue weighted by Crippen LogP contribution is 2.29. The molecule has 0 unspecified atom stereocenters. The molecule has 0 spiro atoms. The first-order valence-corrected chi connectivity index (χ1v) is 12.1. The summed E-state index contributed by atoms with van der Waals surface area (Å²) in [6, 6.07) is 12.4. The monoisotopic (exact) mass is 441 g/mol. The number of fused-ring (bicyclic) bond motifs is 1.